The first-order valence-corrected chi connectivity index (χ1v) is 19.0. The molecular formula is C49H49ClN2O5Y2-2. The van der Waals surface area contributed by atoms with E-state index in [1.807, 2.05) is 86.6 Å². The summed E-state index contributed by atoms with van der Waals surface area (Å²) in [4.78, 5) is 25.0. The molecule has 6 aromatic rings. The third-order valence-corrected chi connectivity index (χ3v) is 8.91. The van der Waals surface area contributed by atoms with Crippen LogP contribution >= 0.6 is 11.6 Å². The Bertz CT molecular complexity index is 2110. The van der Waals surface area contributed by atoms with Crippen molar-refractivity contribution in [3.05, 3.63) is 213 Å². The Morgan fingerprint density at radius 1 is 0.729 bits per heavy atom. The number of aliphatic hydroxyl groups is 1. The summed E-state index contributed by atoms with van der Waals surface area (Å²) in [5.41, 5.74) is 15.9. The zero-order valence-corrected chi connectivity index (χ0v) is 40.4. The summed E-state index contributed by atoms with van der Waals surface area (Å²) in [6, 6.07) is 52.1. The Morgan fingerprint density at radius 3 is 1.56 bits per heavy atom. The number of carbonyl (C=O) groups excluding carboxylic acids is 2. The minimum atomic E-state index is -0.518. The van der Waals surface area contributed by atoms with Crippen LogP contribution in [-0.2, 0) is 74.9 Å². The van der Waals surface area contributed by atoms with E-state index in [1.54, 1.807) is 24.3 Å². The number of aliphatic imine (C=N–C) groups is 1. The van der Waals surface area contributed by atoms with E-state index >= 15 is 0 Å². The number of epoxide rings is 1. The van der Waals surface area contributed by atoms with Crippen LogP contribution in [0.3, 0.4) is 0 Å². The molecule has 3 N–H and O–H groups in total. The monoisotopic (exact) mass is 958 g/mol. The zero-order chi connectivity index (χ0) is 41.0. The van der Waals surface area contributed by atoms with Gasteiger partial charge in [0, 0.05) is 77.5 Å². The number of carbonyl (C=O) groups is 2. The van der Waals surface area contributed by atoms with Gasteiger partial charge < -0.3 is 20.3 Å². The molecule has 1 saturated heterocycles. The van der Waals surface area contributed by atoms with Crippen molar-refractivity contribution >= 4 is 29.0 Å². The van der Waals surface area contributed by atoms with Crippen molar-refractivity contribution in [1.82, 2.24) is 0 Å². The molecule has 0 aromatic heterocycles. The van der Waals surface area contributed by atoms with Crippen LogP contribution in [0.1, 0.15) is 83.5 Å². The fraction of sp³-hybridized carbons (Fsp3) is 0.204. The first-order chi connectivity index (χ1) is 27.6. The second kappa shape index (κ2) is 28.1. The number of hydrogen-bond donors (Lipinski definition) is 2. The van der Waals surface area contributed by atoms with E-state index in [1.165, 1.54) is 33.4 Å². The number of benzene rings is 6. The maximum atomic E-state index is 10.4. The minimum absolute atomic E-state index is 0. The zero-order valence-electron chi connectivity index (χ0n) is 33.9. The van der Waals surface area contributed by atoms with Crippen molar-refractivity contribution in [1.29, 1.82) is 0 Å². The third kappa shape index (κ3) is 19.2. The first-order valence-electron chi connectivity index (χ1n) is 18.6. The van der Waals surface area contributed by atoms with E-state index in [0.29, 0.717) is 18.2 Å². The van der Waals surface area contributed by atoms with Crippen LogP contribution in [0.4, 0.5) is 0 Å². The van der Waals surface area contributed by atoms with E-state index in [4.69, 9.17) is 26.8 Å². The number of nitrogens with zero attached hydrogens (tertiary/aromatic N) is 1. The van der Waals surface area contributed by atoms with Gasteiger partial charge in [-0.1, -0.05) is 130 Å². The molecule has 0 bridgehead atoms. The number of aldehydes is 1. The van der Waals surface area contributed by atoms with Crippen LogP contribution in [-0.4, -0.2) is 42.2 Å². The Labute approximate surface area is 404 Å². The van der Waals surface area contributed by atoms with Gasteiger partial charge in [0.2, 0.25) is 5.24 Å². The predicted octanol–water partition coefficient (Wildman–Crippen LogP) is 10.0. The topological polar surface area (TPSA) is 115 Å². The van der Waals surface area contributed by atoms with E-state index in [9.17, 15) is 14.7 Å². The molecule has 3 atom stereocenters. The molecule has 8 rings (SSSR count). The fourth-order valence-corrected chi connectivity index (χ4v) is 5.25. The van der Waals surface area contributed by atoms with Gasteiger partial charge in [0.15, 0.2) is 5.90 Å². The van der Waals surface area contributed by atoms with Crippen LogP contribution in [0, 0.1) is 39.8 Å². The Kier molecular flexibility index (Phi) is 24.6. The van der Waals surface area contributed by atoms with Gasteiger partial charge in [-0.05, 0) is 56.0 Å². The summed E-state index contributed by atoms with van der Waals surface area (Å²) in [7, 11) is 0. The molecule has 2 aliphatic rings. The Hall–Kier alpha value is -3.49. The molecule has 6 aromatic carbocycles. The van der Waals surface area contributed by atoms with Crippen molar-refractivity contribution in [3.63, 3.8) is 0 Å². The second-order valence-corrected chi connectivity index (χ2v) is 13.8. The number of hydrogen-bond acceptors (Lipinski definition) is 7. The number of rotatable bonds is 7. The van der Waals surface area contributed by atoms with Gasteiger partial charge in [0.05, 0.1) is 19.3 Å². The van der Waals surface area contributed by atoms with E-state index in [0.717, 1.165) is 35.5 Å². The maximum absolute atomic E-state index is 10.4. The first kappa shape index (κ1) is 51.6. The quantitative estimate of drug-likeness (QED) is 0.0713. The number of ether oxygens (including phenoxy) is 2. The van der Waals surface area contributed by atoms with Gasteiger partial charge >= 0.3 is 0 Å². The standard InChI is InChI=1S/C16H14NO.C9H13NO.C9H10O.C8H8O.C7H4ClO.2Y/c1-12-7-9-13(10-8-12)15-11-17-16(18-15)14-5-3-2-4-6-14;1-7-2-4-8(5-3-7)9(11)6-10;1-7-2-4-8(5-3-7)9-6-10-9;1-7-2-4-8(6-9)5-3-7;8-7(9)6-4-2-1-3-5-6;;/h3-10,15H,11H2,1H3;2-5,9,11H,6,10H2,1H3;2-5,9H,6H2,1H3;2-6H,1H3;2-5H;;/q-1;;;;-1;;. The van der Waals surface area contributed by atoms with Gasteiger partial charge in [0.1, 0.15) is 18.5 Å². The maximum Gasteiger partial charge on any atom is 0.228 e. The number of aliphatic hydroxyl groups excluding tert-OH is 1. The average molecular weight is 959 g/mol. The molecule has 300 valence electrons. The summed E-state index contributed by atoms with van der Waals surface area (Å²) in [5, 5.41) is 8.87. The molecule has 1 fully saturated rings. The Balaban J connectivity index is 0.000000260. The number of halogens is 1. The van der Waals surface area contributed by atoms with Crippen molar-refractivity contribution in [3.8, 4) is 0 Å². The van der Waals surface area contributed by atoms with E-state index in [-0.39, 0.29) is 78.1 Å². The van der Waals surface area contributed by atoms with Crippen LogP contribution in [0.2, 0.25) is 0 Å². The minimum Gasteiger partial charge on any atom is -0.469 e. The van der Waals surface area contributed by atoms with Gasteiger partial charge in [-0.3, -0.25) is 9.59 Å². The van der Waals surface area contributed by atoms with Gasteiger partial charge in [0.25, 0.3) is 0 Å². The largest absolute Gasteiger partial charge is 0.469 e. The van der Waals surface area contributed by atoms with Gasteiger partial charge in [-0.15, -0.1) is 0 Å². The Morgan fingerprint density at radius 2 is 1.15 bits per heavy atom. The molecule has 0 spiro atoms. The van der Waals surface area contributed by atoms with Gasteiger partial charge in [-0.2, -0.15) is 60.7 Å². The molecule has 59 heavy (non-hydrogen) atoms. The molecular weight excluding hydrogens is 910 g/mol. The third-order valence-electron chi connectivity index (χ3n) is 8.70. The number of aryl methyl sites for hydroxylation is 4. The SMILES string of the molecule is Cc1ccc(C(O)CN)cc1.Cc1ccc(C2CN=C(c3cc[c-]cc3)O2)cc1.Cc1ccc(C2CO2)cc1.Cc1ccc(C=O)cc1.O=C(Cl)c1cc[c-]cc1.[Y].[Y]. The van der Waals surface area contributed by atoms with Crippen molar-refractivity contribution in [2.75, 3.05) is 19.7 Å². The molecule has 0 amide bonds. The summed E-state index contributed by atoms with van der Waals surface area (Å²) >= 11 is 5.15. The smallest absolute Gasteiger partial charge is 0.228 e. The number of nitrogens with two attached hydrogens (primary N) is 1. The molecule has 2 aliphatic heterocycles. The summed E-state index contributed by atoms with van der Waals surface area (Å²) in [6.07, 6.45) is 0.778. The van der Waals surface area contributed by atoms with Crippen LogP contribution in [0.5, 0.6) is 0 Å². The summed E-state index contributed by atoms with van der Waals surface area (Å²) in [6.45, 7) is 10.1. The van der Waals surface area contributed by atoms with Crippen molar-refractivity contribution in [2.24, 2.45) is 10.7 Å². The van der Waals surface area contributed by atoms with Crippen LogP contribution in [0.15, 0.2) is 151 Å². The molecule has 2 radical (unpaired) electrons. The summed E-state index contributed by atoms with van der Waals surface area (Å²) < 4.78 is 11.0. The van der Waals surface area contributed by atoms with Gasteiger partial charge in [-0.25, -0.2) is 4.99 Å². The molecule has 7 nitrogen and oxygen atoms in total. The average Bonchev–Trinajstić information content (AvgIpc) is 3.98. The molecule has 3 unspecified atom stereocenters. The molecule has 2 heterocycles. The van der Waals surface area contributed by atoms with Crippen molar-refractivity contribution in [2.45, 2.75) is 46.0 Å². The normalized spacial score (nSPS) is 14.6. The fourth-order valence-electron chi connectivity index (χ4n) is 5.13. The van der Waals surface area contributed by atoms with Crippen LogP contribution in [0.25, 0.3) is 0 Å². The van der Waals surface area contributed by atoms with E-state index < -0.39 is 11.3 Å². The van der Waals surface area contributed by atoms with Crippen LogP contribution < -0.4 is 5.73 Å². The van der Waals surface area contributed by atoms with Crippen molar-refractivity contribution < 1.29 is 89.6 Å². The summed E-state index contributed by atoms with van der Waals surface area (Å²) in [5.74, 6) is 0.731. The van der Waals surface area contributed by atoms with E-state index in [2.05, 4.69) is 79.5 Å². The molecule has 10 heteroatoms. The molecule has 0 aliphatic carbocycles. The second-order valence-electron chi connectivity index (χ2n) is 13.4. The molecule has 0 saturated carbocycles. The predicted molar refractivity (Wildman–Crippen MR) is 229 cm³/mol.